The second-order valence-electron chi connectivity index (χ2n) is 4.51. The number of hydrogen-bond donors (Lipinski definition) is 0. The fourth-order valence-electron chi connectivity index (χ4n) is 1.94. The number of halogens is 1. The molecule has 8 heteroatoms. The van der Waals surface area contributed by atoms with Crippen molar-refractivity contribution >= 4 is 15.9 Å². The van der Waals surface area contributed by atoms with Crippen molar-refractivity contribution in [2.24, 2.45) is 7.05 Å². The summed E-state index contributed by atoms with van der Waals surface area (Å²) in [5.41, 5.74) is 1.10. The summed E-state index contributed by atoms with van der Waals surface area (Å²) in [6.07, 6.45) is 3.31. The monoisotopic (exact) mass is 361 g/mol. The second-order valence-corrected chi connectivity index (χ2v) is 5.37. The van der Waals surface area contributed by atoms with Gasteiger partial charge in [-0.1, -0.05) is 22.0 Å². The molecule has 2 heterocycles. The SMILES string of the molecule is Cn1nnn(-c2cccc(Br)c2COc2cccnc2)c1=O. The van der Waals surface area contributed by atoms with Crippen LogP contribution < -0.4 is 10.4 Å². The molecule has 0 amide bonds. The molecule has 0 saturated carbocycles. The molecule has 7 nitrogen and oxygen atoms in total. The molecule has 0 saturated heterocycles. The van der Waals surface area contributed by atoms with Crippen molar-refractivity contribution in [3.63, 3.8) is 0 Å². The van der Waals surface area contributed by atoms with E-state index in [4.69, 9.17) is 4.74 Å². The van der Waals surface area contributed by atoms with Gasteiger partial charge in [-0.05, 0) is 34.7 Å². The third kappa shape index (κ3) is 2.77. The van der Waals surface area contributed by atoms with Gasteiger partial charge in [-0.25, -0.2) is 4.79 Å². The molecule has 0 spiro atoms. The van der Waals surface area contributed by atoms with E-state index in [1.807, 2.05) is 18.2 Å². The lowest BCUT2D eigenvalue weighted by atomic mass is 10.2. The Labute approximate surface area is 134 Å². The van der Waals surface area contributed by atoms with Gasteiger partial charge in [0.05, 0.1) is 11.9 Å². The van der Waals surface area contributed by atoms with Crippen LogP contribution in [0, 0.1) is 0 Å². The summed E-state index contributed by atoms with van der Waals surface area (Å²) in [6.45, 7) is 0.269. The highest BCUT2D eigenvalue weighted by Gasteiger charge is 2.14. The maximum atomic E-state index is 12.0. The summed E-state index contributed by atoms with van der Waals surface area (Å²) in [5, 5.41) is 7.60. The first-order chi connectivity index (χ1) is 10.7. The summed E-state index contributed by atoms with van der Waals surface area (Å²) in [7, 11) is 1.55. The van der Waals surface area contributed by atoms with E-state index in [0.717, 1.165) is 10.0 Å². The molecule has 2 aromatic heterocycles. The average molecular weight is 362 g/mol. The van der Waals surface area contributed by atoms with Crippen LogP contribution >= 0.6 is 15.9 Å². The minimum atomic E-state index is -0.319. The highest BCUT2D eigenvalue weighted by Crippen LogP contribution is 2.24. The number of rotatable bonds is 4. The van der Waals surface area contributed by atoms with Gasteiger partial charge in [0.1, 0.15) is 12.4 Å². The van der Waals surface area contributed by atoms with E-state index in [0.29, 0.717) is 11.4 Å². The van der Waals surface area contributed by atoms with E-state index in [2.05, 4.69) is 31.3 Å². The largest absolute Gasteiger partial charge is 0.487 e. The minimum Gasteiger partial charge on any atom is -0.487 e. The number of hydrogen-bond acceptors (Lipinski definition) is 5. The van der Waals surface area contributed by atoms with Crippen molar-refractivity contribution in [1.82, 2.24) is 24.8 Å². The minimum absolute atomic E-state index is 0.269. The van der Waals surface area contributed by atoms with Gasteiger partial charge >= 0.3 is 5.69 Å². The first-order valence-electron chi connectivity index (χ1n) is 6.46. The van der Waals surface area contributed by atoms with E-state index < -0.39 is 0 Å². The average Bonchev–Trinajstić information content (AvgIpc) is 2.86. The standard InChI is InChI=1S/C14H12BrN5O2/c1-19-14(21)20(18-17-19)13-6-2-5-12(15)11(13)9-22-10-4-3-7-16-8-10/h2-8H,9H2,1H3. The number of tetrazole rings is 1. The molecule has 1 aromatic carbocycles. The van der Waals surface area contributed by atoms with E-state index >= 15 is 0 Å². The Morgan fingerprint density at radius 2 is 2.09 bits per heavy atom. The fourth-order valence-corrected chi connectivity index (χ4v) is 2.41. The maximum Gasteiger partial charge on any atom is 0.368 e. The topological polar surface area (TPSA) is 74.8 Å². The number of aromatic nitrogens is 5. The molecule has 0 atom stereocenters. The molecule has 0 unspecified atom stereocenters. The summed E-state index contributed by atoms with van der Waals surface area (Å²) in [5.74, 6) is 0.649. The molecule has 0 N–H and O–H groups in total. The normalized spacial score (nSPS) is 10.6. The smallest absolute Gasteiger partial charge is 0.368 e. The van der Waals surface area contributed by atoms with Crippen LogP contribution in [0.4, 0.5) is 0 Å². The van der Waals surface area contributed by atoms with Gasteiger partial charge in [0.15, 0.2) is 0 Å². The van der Waals surface area contributed by atoms with E-state index in [9.17, 15) is 4.79 Å². The summed E-state index contributed by atoms with van der Waals surface area (Å²) >= 11 is 3.48. The van der Waals surface area contributed by atoms with Crippen molar-refractivity contribution in [2.75, 3.05) is 0 Å². The number of nitrogens with zero attached hydrogens (tertiary/aromatic N) is 5. The van der Waals surface area contributed by atoms with Gasteiger partial charge in [0, 0.05) is 23.3 Å². The van der Waals surface area contributed by atoms with E-state index in [-0.39, 0.29) is 12.3 Å². The van der Waals surface area contributed by atoms with Crippen LogP contribution in [0.25, 0.3) is 5.69 Å². The highest BCUT2D eigenvalue weighted by atomic mass is 79.9. The lowest BCUT2D eigenvalue weighted by molar-refractivity contribution is 0.303. The van der Waals surface area contributed by atoms with Crippen LogP contribution in [0.15, 0.2) is 52.0 Å². The molecular weight excluding hydrogens is 350 g/mol. The van der Waals surface area contributed by atoms with Gasteiger partial charge in [-0.2, -0.15) is 9.36 Å². The van der Waals surface area contributed by atoms with E-state index in [1.165, 1.54) is 9.36 Å². The molecule has 0 aliphatic carbocycles. The zero-order chi connectivity index (χ0) is 15.5. The quantitative estimate of drug-likeness (QED) is 0.706. The van der Waals surface area contributed by atoms with Crippen molar-refractivity contribution in [3.8, 4) is 11.4 Å². The van der Waals surface area contributed by atoms with Crippen LogP contribution in [0.3, 0.4) is 0 Å². The Hall–Kier alpha value is -2.48. The van der Waals surface area contributed by atoms with Crippen LogP contribution in [0.1, 0.15) is 5.56 Å². The van der Waals surface area contributed by atoms with Gasteiger partial charge in [-0.15, -0.1) is 0 Å². The van der Waals surface area contributed by atoms with Crippen LogP contribution in [0.5, 0.6) is 5.75 Å². The molecule has 0 bridgehead atoms. The highest BCUT2D eigenvalue weighted by molar-refractivity contribution is 9.10. The van der Waals surface area contributed by atoms with Gasteiger partial charge < -0.3 is 4.74 Å². The molecule has 0 aliphatic heterocycles. The molecule has 3 rings (SSSR count). The van der Waals surface area contributed by atoms with E-state index in [1.54, 1.807) is 31.6 Å². The van der Waals surface area contributed by atoms with Crippen molar-refractivity contribution in [3.05, 3.63) is 63.2 Å². The maximum absolute atomic E-state index is 12.0. The van der Waals surface area contributed by atoms with Crippen LogP contribution in [-0.4, -0.2) is 24.8 Å². The van der Waals surface area contributed by atoms with Crippen molar-refractivity contribution in [1.29, 1.82) is 0 Å². The second kappa shape index (κ2) is 6.10. The number of pyridine rings is 1. The van der Waals surface area contributed by atoms with Crippen molar-refractivity contribution in [2.45, 2.75) is 6.61 Å². The predicted octanol–water partition coefficient (Wildman–Crippen LogP) is 1.70. The van der Waals surface area contributed by atoms with Crippen LogP contribution in [-0.2, 0) is 13.7 Å². The summed E-state index contributed by atoms with van der Waals surface area (Å²) in [4.78, 5) is 16.0. The Kier molecular flexibility index (Phi) is 4.01. The molecule has 112 valence electrons. The molecule has 3 aromatic rings. The summed E-state index contributed by atoms with van der Waals surface area (Å²) < 4.78 is 8.96. The molecule has 0 fully saturated rings. The molecule has 0 radical (unpaired) electrons. The number of aryl methyl sites for hydroxylation is 1. The van der Waals surface area contributed by atoms with Crippen LogP contribution in [0.2, 0.25) is 0 Å². The van der Waals surface area contributed by atoms with Crippen molar-refractivity contribution < 1.29 is 4.74 Å². The van der Waals surface area contributed by atoms with Gasteiger partial charge in [0.2, 0.25) is 0 Å². The first-order valence-corrected chi connectivity index (χ1v) is 7.25. The number of benzene rings is 1. The zero-order valence-corrected chi connectivity index (χ0v) is 13.3. The predicted molar refractivity (Wildman–Crippen MR) is 82.9 cm³/mol. The molecule has 0 aliphatic rings. The molecule has 22 heavy (non-hydrogen) atoms. The zero-order valence-electron chi connectivity index (χ0n) is 11.7. The lowest BCUT2D eigenvalue weighted by Crippen LogP contribution is -2.23. The number of ether oxygens (including phenoxy) is 1. The molecular formula is C14H12BrN5O2. The van der Waals surface area contributed by atoms with Gasteiger partial charge in [-0.3, -0.25) is 4.98 Å². The van der Waals surface area contributed by atoms with Gasteiger partial charge in [0.25, 0.3) is 0 Å². The third-order valence-corrected chi connectivity index (χ3v) is 3.80. The Morgan fingerprint density at radius 1 is 1.23 bits per heavy atom. The Morgan fingerprint density at radius 3 is 2.77 bits per heavy atom. The fraction of sp³-hybridized carbons (Fsp3) is 0.143. The third-order valence-electron chi connectivity index (χ3n) is 3.06. The lowest BCUT2D eigenvalue weighted by Gasteiger charge is -2.11. The Bertz CT molecular complexity index is 844. The summed E-state index contributed by atoms with van der Waals surface area (Å²) in [6, 6.07) is 9.12. The first kappa shape index (κ1) is 14.5. The Balaban J connectivity index is 1.97.